The second kappa shape index (κ2) is 7.28. The van der Waals surface area contributed by atoms with Gasteiger partial charge in [0.15, 0.2) is 0 Å². The van der Waals surface area contributed by atoms with E-state index in [1.165, 1.54) is 0 Å². The fourth-order valence-electron chi connectivity index (χ4n) is 2.74. The van der Waals surface area contributed by atoms with Crippen LogP contribution in [0.15, 0.2) is 42.7 Å². The highest BCUT2D eigenvalue weighted by atomic mass is 16.5. The van der Waals surface area contributed by atoms with Crippen LogP contribution in [0.3, 0.4) is 0 Å². The van der Waals surface area contributed by atoms with Crippen molar-refractivity contribution in [1.29, 1.82) is 0 Å². The molecule has 0 radical (unpaired) electrons. The number of ether oxygens (including phenoxy) is 1. The Labute approximate surface area is 136 Å². The number of rotatable bonds is 4. The molecule has 1 atom stereocenters. The zero-order chi connectivity index (χ0) is 16.1. The van der Waals surface area contributed by atoms with Gasteiger partial charge in [-0.2, -0.15) is 5.10 Å². The van der Waals surface area contributed by atoms with Gasteiger partial charge in [-0.1, -0.05) is 24.3 Å². The van der Waals surface area contributed by atoms with E-state index in [-0.39, 0.29) is 12.1 Å². The molecule has 2 heterocycles. The summed E-state index contributed by atoms with van der Waals surface area (Å²) in [6, 6.07) is 9.98. The zero-order valence-corrected chi connectivity index (χ0v) is 13.3. The number of hydrogen-bond donors (Lipinski definition) is 1. The lowest BCUT2D eigenvalue weighted by molar-refractivity contribution is -0.00352. The van der Waals surface area contributed by atoms with E-state index in [4.69, 9.17) is 4.74 Å². The molecule has 1 saturated heterocycles. The normalized spacial score (nSPS) is 18.0. The van der Waals surface area contributed by atoms with Crippen LogP contribution < -0.4 is 5.32 Å². The molecule has 1 aromatic carbocycles. The Morgan fingerprint density at radius 2 is 2.17 bits per heavy atom. The fourth-order valence-corrected chi connectivity index (χ4v) is 2.74. The summed E-state index contributed by atoms with van der Waals surface area (Å²) in [5.74, 6) is 0. The molecule has 6 heteroatoms. The number of hydrogen-bond acceptors (Lipinski definition) is 3. The zero-order valence-electron chi connectivity index (χ0n) is 13.3. The molecule has 23 heavy (non-hydrogen) atoms. The lowest BCUT2D eigenvalue weighted by atomic mass is 10.1. The van der Waals surface area contributed by atoms with Crippen LogP contribution in [-0.4, -0.2) is 46.5 Å². The number of carbonyl (C=O) groups is 1. The Morgan fingerprint density at radius 3 is 2.91 bits per heavy atom. The Bertz CT molecular complexity index is 642. The van der Waals surface area contributed by atoms with Gasteiger partial charge in [0.25, 0.3) is 0 Å². The molecule has 0 saturated carbocycles. The SMILES string of the molecule is CC1CN(C(=O)NCc2ccccc2Cn2cccn2)CCO1. The van der Waals surface area contributed by atoms with Gasteiger partial charge >= 0.3 is 6.03 Å². The predicted octanol–water partition coefficient (Wildman–Crippen LogP) is 1.86. The Morgan fingerprint density at radius 1 is 1.35 bits per heavy atom. The average molecular weight is 314 g/mol. The highest BCUT2D eigenvalue weighted by Crippen LogP contribution is 2.11. The van der Waals surface area contributed by atoms with Crippen molar-refractivity contribution in [3.05, 3.63) is 53.9 Å². The van der Waals surface area contributed by atoms with Crippen molar-refractivity contribution in [2.75, 3.05) is 19.7 Å². The van der Waals surface area contributed by atoms with Gasteiger partial charge in [0, 0.05) is 32.0 Å². The number of nitrogens with one attached hydrogen (secondary N) is 1. The largest absolute Gasteiger partial charge is 0.375 e. The quantitative estimate of drug-likeness (QED) is 0.937. The van der Waals surface area contributed by atoms with E-state index in [0.29, 0.717) is 32.8 Å². The number of aromatic nitrogens is 2. The number of amides is 2. The molecule has 1 unspecified atom stereocenters. The molecule has 3 rings (SSSR count). The van der Waals surface area contributed by atoms with Gasteiger partial charge in [0.2, 0.25) is 0 Å². The maximum absolute atomic E-state index is 12.3. The molecule has 1 N–H and O–H groups in total. The van der Waals surface area contributed by atoms with Crippen molar-refractivity contribution in [2.45, 2.75) is 26.1 Å². The third-order valence-corrected chi connectivity index (χ3v) is 3.97. The summed E-state index contributed by atoms with van der Waals surface area (Å²) in [6.45, 7) is 5.09. The second-order valence-electron chi connectivity index (χ2n) is 5.76. The summed E-state index contributed by atoms with van der Waals surface area (Å²) in [7, 11) is 0. The smallest absolute Gasteiger partial charge is 0.317 e. The summed E-state index contributed by atoms with van der Waals surface area (Å²) in [5, 5.41) is 7.25. The first-order valence-electron chi connectivity index (χ1n) is 7.91. The highest BCUT2D eigenvalue weighted by molar-refractivity contribution is 5.74. The van der Waals surface area contributed by atoms with Gasteiger partial charge in [0.1, 0.15) is 0 Å². The average Bonchev–Trinajstić information content (AvgIpc) is 3.07. The van der Waals surface area contributed by atoms with Crippen molar-refractivity contribution in [2.24, 2.45) is 0 Å². The van der Waals surface area contributed by atoms with Crippen LogP contribution in [-0.2, 0) is 17.8 Å². The van der Waals surface area contributed by atoms with Gasteiger partial charge in [-0.15, -0.1) is 0 Å². The maximum Gasteiger partial charge on any atom is 0.317 e. The first kappa shape index (κ1) is 15.6. The lowest BCUT2D eigenvalue weighted by Gasteiger charge is -2.31. The molecule has 0 aliphatic carbocycles. The number of urea groups is 1. The lowest BCUT2D eigenvalue weighted by Crippen LogP contribution is -2.48. The third kappa shape index (κ3) is 4.10. The molecule has 2 aromatic rings. The molecule has 1 aromatic heterocycles. The molecule has 0 spiro atoms. The van der Waals surface area contributed by atoms with Crippen LogP contribution in [0.1, 0.15) is 18.1 Å². The summed E-state index contributed by atoms with van der Waals surface area (Å²) in [6.07, 6.45) is 3.80. The Balaban J connectivity index is 1.60. The number of morpholine rings is 1. The van der Waals surface area contributed by atoms with Gasteiger partial charge < -0.3 is 15.0 Å². The van der Waals surface area contributed by atoms with E-state index >= 15 is 0 Å². The second-order valence-corrected chi connectivity index (χ2v) is 5.76. The van der Waals surface area contributed by atoms with Crippen molar-refractivity contribution < 1.29 is 9.53 Å². The van der Waals surface area contributed by atoms with Crippen LogP contribution in [0.5, 0.6) is 0 Å². The molecular weight excluding hydrogens is 292 g/mol. The Hall–Kier alpha value is -2.34. The van der Waals surface area contributed by atoms with E-state index < -0.39 is 0 Å². The Kier molecular flexibility index (Phi) is 4.92. The van der Waals surface area contributed by atoms with Crippen molar-refractivity contribution >= 4 is 6.03 Å². The molecule has 122 valence electrons. The molecular formula is C17H22N4O2. The molecule has 1 fully saturated rings. The van der Waals surface area contributed by atoms with Gasteiger partial charge in [0.05, 0.1) is 19.3 Å². The van der Waals surface area contributed by atoms with E-state index in [1.54, 1.807) is 6.20 Å². The van der Waals surface area contributed by atoms with Crippen LogP contribution >= 0.6 is 0 Å². The summed E-state index contributed by atoms with van der Waals surface area (Å²) in [4.78, 5) is 14.1. The molecule has 1 aliphatic rings. The third-order valence-electron chi connectivity index (χ3n) is 3.97. The van der Waals surface area contributed by atoms with Gasteiger partial charge in [-0.05, 0) is 24.1 Å². The van der Waals surface area contributed by atoms with Crippen LogP contribution in [0.25, 0.3) is 0 Å². The van der Waals surface area contributed by atoms with Crippen LogP contribution in [0.2, 0.25) is 0 Å². The number of carbonyl (C=O) groups excluding carboxylic acids is 1. The van der Waals surface area contributed by atoms with Crippen molar-refractivity contribution in [3.63, 3.8) is 0 Å². The first-order chi connectivity index (χ1) is 11.2. The van der Waals surface area contributed by atoms with Crippen LogP contribution in [0, 0.1) is 0 Å². The van der Waals surface area contributed by atoms with E-state index in [9.17, 15) is 4.79 Å². The number of nitrogens with zero attached hydrogens (tertiary/aromatic N) is 3. The predicted molar refractivity (Wildman–Crippen MR) is 87.0 cm³/mol. The van der Waals surface area contributed by atoms with Gasteiger partial charge in [-0.3, -0.25) is 4.68 Å². The first-order valence-corrected chi connectivity index (χ1v) is 7.91. The molecule has 1 aliphatic heterocycles. The highest BCUT2D eigenvalue weighted by Gasteiger charge is 2.21. The summed E-state index contributed by atoms with van der Waals surface area (Å²) in [5.41, 5.74) is 2.27. The van der Waals surface area contributed by atoms with E-state index in [1.807, 2.05) is 47.0 Å². The monoisotopic (exact) mass is 314 g/mol. The minimum Gasteiger partial charge on any atom is -0.375 e. The topological polar surface area (TPSA) is 59.4 Å². The van der Waals surface area contributed by atoms with E-state index in [0.717, 1.165) is 11.1 Å². The number of benzene rings is 1. The van der Waals surface area contributed by atoms with Crippen LogP contribution in [0.4, 0.5) is 4.79 Å². The molecule has 0 bridgehead atoms. The van der Waals surface area contributed by atoms with Crippen molar-refractivity contribution in [3.8, 4) is 0 Å². The fraction of sp³-hybridized carbons (Fsp3) is 0.412. The molecule has 6 nitrogen and oxygen atoms in total. The summed E-state index contributed by atoms with van der Waals surface area (Å²) < 4.78 is 7.35. The standard InChI is InChI=1S/C17H22N4O2/c1-14-12-20(9-10-23-14)17(22)18-11-15-5-2-3-6-16(15)13-21-8-4-7-19-21/h2-8,14H,9-13H2,1H3,(H,18,22). The van der Waals surface area contributed by atoms with Gasteiger partial charge in [-0.25, -0.2) is 4.79 Å². The maximum atomic E-state index is 12.3. The minimum absolute atomic E-state index is 0.0333. The summed E-state index contributed by atoms with van der Waals surface area (Å²) >= 11 is 0. The minimum atomic E-state index is -0.0333. The van der Waals surface area contributed by atoms with E-state index in [2.05, 4.69) is 16.5 Å². The van der Waals surface area contributed by atoms with Crippen molar-refractivity contribution in [1.82, 2.24) is 20.0 Å². The molecule has 2 amide bonds.